The summed E-state index contributed by atoms with van der Waals surface area (Å²) in [5.74, 6) is 1.88. The van der Waals surface area contributed by atoms with Gasteiger partial charge in [0, 0.05) is 20.9 Å². The molecular formula is C31H36O4S. The van der Waals surface area contributed by atoms with E-state index >= 15 is 0 Å². The van der Waals surface area contributed by atoms with Crippen molar-refractivity contribution in [1.29, 1.82) is 0 Å². The van der Waals surface area contributed by atoms with E-state index < -0.39 is 11.9 Å². The largest absolute Gasteiger partial charge is 0.457 e. The Labute approximate surface area is 218 Å². The Balaban J connectivity index is 1.19. The maximum Gasteiger partial charge on any atom is 0.338 e. The number of esters is 1. The first-order valence-corrected chi connectivity index (χ1v) is 14.6. The average molecular weight is 505 g/mol. The van der Waals surface area contributed by atoms with Crippen LogP contribution in [-0.2, 0) is 24.8 Å². The van der Waals surface area contributed by atoms with Gasteiger partial charge in [0.05, 0.1) is 6.61 Å². The van der Waals surface area contributed by atoms with Gasteiger partial charge in [-0.15, -0.1) is 0 Å². The summed E-state index contributed by atoms with van der Waals surface area (Å²) in [6.45, 7) is 6.79. The van der Waals surface area contributed by atoms with Crippen LogP contribution < -0.4 is 0 Å². The Hall–Kier alpha value is -1.82. The quantitative estimate of drug-likeness (QED) is 0.420. The zero-order valence-corrected chi connectivity index (χ0v) is 22.3. The van der Waals surface area contributed by atoms with Crippen LogP contribution in [0.15, 0.2) is 52.3 Å². The number of rotatable bonds is 3. The zero-order valence-electron chi connectivity index (χ0n) is 21.5. The molecule has 7 unspecified atom stereocenters. The van der Waals surface area contributed by atoms with Crippen LogP contribution >= 0.6 is 11.8 Å². The van der Waals surface area contributed by atoms with Crippen LogP contribution in [0.2, 0.25) is 0 Å². The van der Waals surface area contributed by atoms with Gasteiger partial charge in [0.15, 0.2) is 6.10 Å². The first-order valence-electron chi connectivity index (χ1n) is 13.8. The molecule has 36 heavy (non-hydrogen) atoms. The summed E-state index contributed by atoms with van der Waals surface area (Å²) in [5.41, 5.74) is 2.83. The van der Waals surface area contributed by atoms with E-state index in [1.54, 1.807) is 11.8 Å². The van der Waals surface area contributed by atoms with Crippen molar-refractivity contribution in [2.45, 2.75) is 92.5 Å². The maximum atomic E-state index is 13.7. The van der Waals surface area contributed by atoms with E-state index in [0.29, 0.717) is 17.8 Å². The van der Waals surface area contributed by atoms with Crippen LogP contribution in [0.1, 0.15) is 81.9 Å². The molecule has 4 fully saturated rings. The van der Waals surface area contributed by atoms with Crippen molar-refractivity contribution in [3.63, 3.8) is 0 Å². The summed E-state index contributed by atoms with van der Waals surface area (Å²) in [7, 11) is 0. The molecular weight excluding hydrogens is 468 g/mol. The molecule has 5 aliphatic rings. The monoisotopic (exact) mass is 504 g/mol. The minimum atomic E-state index is -1.08. The van der Waals surface area contributed by atoms with Gasteiger partial charge in [-0.1, -0.05) is 56.3 Å². The maximum absolute atomic E-state index is 13.7. The van der Waals surface area contributed by atoms with Crippen LogP contribution in [0.5, 0.6) is 0 Å². The molecule has 2 aromatic carbocycles. The molecule has 3 aliphatic carbocycles. The summed E-state index contributed by atoms with van der Waals surface area (Å²) in [6, 6.07) is 14.8. The molecule has 2 heterocycles. The van der Waals surface area contributed by atoms with E-state index in [0.717, 1.165) is 39.2 Å². The molecule has 1 saturated heterocycles. The Morgan fingerprint density at radius 1 is 1.03 bits per heavy atom. The lowest BCUT2D eigenvalue weighted by atomic mass is 9.53. The molecule has 2 aliphatic heterocycles. The number of hydrogen-bond acceptors (Lipinski definition) is 5. The number of carbonyl (C=O) groups excluding carboxylic acids is 1. The molecule has 0 radical (unpaired) electrons. The van der Waals surface area contributed by atoms with Crippen LogP contribution in [0.3, 0.4) is 0 Å². The van der Waals surface area contributed by atoms with Crippen molar-refractivity contribution in [2.75, 3.05) is 6.61 Å². The molecule has 7 atom stereocenters. The van der Waals surface area contributed by atoms with Gasteiger partial charge in [0.25, 0.3) is 0 Å². The van der Waals surface area contributed by atoms with E-state index in [1.807, 2.05) is 12.1 Å². The molecule has 4 nitrogen and oxygen atoms in total. The van der Waals surface area contributed by atoms with Crippen LogP contribution in [0.25, 0.3) is 0 Å². The van der Waals surface area contributed by atoms with Gasteiger partial charge in [-0.2, -0.15) is 0 Å². The van der Waals surface area contributed by atoms with E-state index in [2.05, 4.69) is 51.1 Å². The van der Waals surface area contributed by atoms with E-state index in [1.165, 1.54) is 37.7 Å². The third-order valence-electron chi connectivity index (χ3n) is 9.81. The summed E-state index contributed by atoms with van der Waals surface area (Å²) < 4.78 is 19.6. The lowest BCUT2D eigenvalue weighted by Crippen LogP contribution is -2.53. The Kier molecular flexibility index (Phi) is 5.40. The second-order valence-electron chi connectivity index (χ2n) is 12.3. The van der Waals surface area contributed by atoms with Crippen LogP contribution in [0.4, 0.5) is 0 Å². The van der Waals surface area contributed by atoms with Gasteiger partial charge in [0.1, 0.15) is 5.60 Å². The van der Waals surface area contributed by atoms with Crippen molar-refractivity contribution >= 4 is 17.7 Å². The average Bonchev–Trinajstić information content (AvgIpc) is 3.31. The number of benzene rings is 2. The fourth-order valence-electron chi connectivity index (χ4n) is 7.87. The normalized spacial score (nSPS) is 38.2. The van der Waals surface area contributed by atoms with Gasteiger partial charge in [-0.25, -0.2) is 4.79 Å². The van der Waals surface area contributed by atoms with E-state index in [-0.39, 0.29) is 18.2 Å². The first kappa shape index (κ1) is 23.3. The second kappa shape index (κ2) is 8.34. The van der Waals surface area contributed by atoms with Gasteiger partial charge >= 0.3 is 5.97 Å². The van der Waals surface area contributed by atoms with Crippen molar-refractivity contribution in [1.82, 2.24) is 0 Å². The number of fused-ring (bicyclic) bond motifs is 6. The molecule has 7 rings (SSSR count). The second-order valence-corrected chi connectivity index (χ2v) is 13.4. The molecule has 3 bridgehead atoms. The van der Waals surface area contributed by atoms with Gasteiger partial charge in [0.2, 0.25) is 5.79 Å². The molecule has 2 aromatic rings. The van der Waals surface area contributed by atoms with Crippen molar-refractivity contribution in [3.8, 4) is 0 Å². The third kappa shape index (κ3) is 3.53. The van der Waals surface area contributed by atoms with Gasteiger partial charge < -0.3 is 14.2 Å². The first-order chi connectivity index (χ1) is 17.3. The van der Waals surface area contributed by atoms with Crippen molar-refractivity contribution in [3.05, 3.63) is 59.2 Å². The Morgan fingerprint density at radius 2 is 1.86 bits per heavy atom. The lowest BCUT2D eigenvalue weighted by molar-refractivity contribution is -0.201. The Bertz CT molecular complexity index is 1210. The highest BCUT2D eigenvalue weighted by Gasteiger charge is 2.56. The smallest absolute Gasteiger partial charge is 0.338 e. The van der Waals surface area contributed by atoms with E-state index in [9.17, 15) is 4.79 Å². The van der Waals surface area contributed by atoms with E-state index in [4.69, 9.17) is 14.2 Å². The highest BCUT2D eigenvalue weighted by molar-refractivity contribution is 7.99. The molecule has 5 heteroatoms. The number of hydrogen-bond donors (Lipinski definition) is 0. The summed E-state index contributed by atoms with van der Waals surface area (Å²) >= 11 is 1.74. The highest BCUT2D eigenvalue weighted by atomic mass is 32.2. The standard InChI is InChI=1S/C31H36O4S/c1-18(2)20-10-11-28-25(15-20)31(24-6-4-5-7-27(24)36-28)33-17-26(34-31)29(32)35-30(3)16-21-9-8-19-12-22(21)14-23(30)13-19/h4-7,10-11,15,18-19,21-23,26H,8-9,12-14,16-17H2,1-3H3. The molecule has 190 valence electrons. The van der Waals surface area contributed by atoms with Crippen molar-refractivity contribution < 1.29 is 19.0 Å². The molecule has 0 N–H and O–H groups in total. The van der Waals surface area contributed by atoms with Crippen LogP contribution in [-0.4, -0.2) is 24.3 Å². The summed E-state index contributed by atoms with van der Waals surface area (Å²) in [5, 5.41) is 0. The fourth-order valence-corrected chi connectivity index (χ4v) is 9.01. The zero-order chi connectivity index (χ0) is 24.7. The summed E-state index contributed by atoms with van der Waals surface area (Å²) in [4.78, 5) is 15.9. The SMILES string of the molecule is CC(C)c1ccc2c(c1)C1(OCC(C(=O)OC3(C)CC4CCC5CC4CC3C5)O1)c1ccccc1S2. The highest BCUT2D eigenvalue weighted by Crippen LogP contribution is 2.57. The fraction of sp³-hybridized carbons (Fsp3) is 0.581. The molecule has 1 spiro atoms. The minimum absolute atomic E-state index is 0.207. The number of carbonyl (C=O) groups is 1. The minimum Gasteiger partial charge on any atom is -0.457 e. The predicted molar refractivity (Wildman–Crippen MR) is 139 cm³/mol. The van der Waals surface area contributed by atoms with Crippen molar-refractivity contribution in [2.24, 2.45) is 23.7 Å². The van der Waals surface area contributed by atoms with Gasteiger partial charge in [-0.05, 0) is 92.4 Å². The third-order valence-corrected chi connectivity index (χ3v) is 11.0. The van der Waals surface area contributed by atoms with Crippen LogP contribution in [0, 0.1) is 23.7 Å². The predicted octanol–water partition coefficient (Wildman–Crippen LogP) is 7.04. The molecule has 0 amide bonds. The van der Waals surface area contributed by atoms with Gasteiger partial charge in [-0.3, -0.25) is 0 Å². The topological polar surface area (TPSA) is 44.8 Å². The lowest BCUT2D eigenvalue weighted by Gasteiger charge is -2.55. The Morgan fingerprint density at radius 3 is 2.72 bits per heavy atom. The molecule has 3 saturated carbocycles. The molecule has 0 aromatic heterocycles. The summed E-state index contributed by atoms with van der Waals surface area (Å²) in [6.07, 6.45) is 6.74. The number of ether oxygens (including phenoxy) is 3.